The van der Waals surface area contributed by atoms with Crippen LogP contribution in [-0.4, -0.2) is 63.7 Å². The molecule has 0 unspecified atom stereocenters. The molecule has 2 amide bonds. The van der Waals surface area contributed by atoms with Crippen LogP contribution < -0.4 is 20.1 Å². The highest BCUT2D eigenvalue weighted by molar-refractivity contribution is 9.11. The molecular formula is C35H30Br4N4O8. The van der Waals surface area contributed by atoms with Gasteiger partial charge in [0.15, 0.2) is 0 Å². The molecule has 4 aromatic carbocycles. The number of nitrogens with zero attached hydrogens (tertiary/aromatic N) is 2. The zero-order valence-corrected chi connectivity index (χ0v) is 32.9. The number of halogens is 4. The van der Waals surface area contributed by atoms with Crippen molar-refractivity contribution in [2.45, 2.75) is 25.7 Å². The second-order valence-electron chi connectivity index (χ2n) is 11.3. The van der Waals surface area contributed by atoms with Crippen LogP contribution >= 0.6 is 63.7 Å². The number of oxime groups is 2. The van der Waals surface area contributed by atoms with E-state index in [1.165, 1.54) is 0 Å². The molecule has 12 nitrogen and oxygen atoms in total. The molecule has 4 aromatic rings. The maximum Gasteiger partial charge on any atom is 0.269 e. The summed E-state index contributed by atoms with van der Waals surface area (Å²) in [6, 6.07) is 17.2. The lowest BCUT2D eigenvalue weighted by atomic mass is 9.95. The second-order valence-corrected chi connectivity index (χ2v) is 14.8. The van der Waals surface area contributed by atoms with Crippen LogP contribution in [0.4, 0.5) is 0 Å². The first-order valence-electron chi connectivity index (χ1n) is 15.3. The maximum atomic E-state index is 13.0. The van der Waals surface area contributed by atoms with E-state index in [0.717, 1.165) is 11.1 Å². The van der Waals surface area contributed by atoms with Gasteiger partial charge in [0.05, 0.1) is 17.9 Å². The van der Waals surface area contributed by atoms with E-state index in [9.17, 15) is 30.2 Å². The van der Waals surface area contributed by atoms with Gasteiger partial charge in [0.2, 0.25) is 6.79 Å². The Morgan fingerprint density at radius 3 is 1.37 bits per heavy atom. The molecule has 0 saturated heterocycles. The van der Waals surface area contributed by atoms with Crippen molar-refractivity contribution in [1.29, 1.82) is 0 Å². The highest BCUT2D eigenvalue weighted by Crippen LogP contribution is 2.47. The largest absolute Gasteiger partial charge is 0.507 e. The summed E-state index contributed by atoms with van der Waals surface area (Å²) in [7, 11) is 0. The highest BCUT2D eigenvalue weighted by Gasteiger charge is 2.25. The molecule has 266 valence electrons. The molecule has 0 saturated carbocycles. The topological polar surface area (TPSA) is 182 Å². The number of phenolic OH excluding ortho intramolecular Hbond substituents is 2. The number of amides is 2. The number of hydrogen-bond donors (Lipinski definition) is 6. The van der Waals surface area contributed by atoms with E-state index < -0.39 is 11.8 Å². The number of fused-ring (bicyclic) bond motifs is 3. The van der Waals surface area contributed by atoms with Gasteiger partial charge in [-0.2, -0.15) is 0 Å². The molecule has 0 aromatic heterocycles. The first-order valence-corrected chi connectivity index (χ1v) is 18.5. The van der Waals surface area contributed by atoms with Crippen molar-refractivity contribution in [1.82, 2.24) is 10.6 Å². The third kappa shape index (κ3) is 9.61. The van der Waals surface area contributed by atoms with E-state index in [1.807, 2.05) is 0 Å². The summed E-state index contributed by atoms with van der Waals surface area (Å²) in [5.74, 6) is 0.0954. The fraction of sp³-hybridized carbons (Fsp3) is 0.200. The number of aromatic hydroxyl groups is 2. The van der Waals surface area contributed by atoms with Gasteiger partial charge in [-0.3, -0.25) is 9.59 Å². The molecule has 51 heavy (non-hydrogen) atoms. The van der Waals surface area contributed by atoms with Crippen molar-refractivity contribution in [3.05, 3.63) is 101 Å². The van der Waals surface area contributed by atoms with Gasteiger partial charge in [0, 0.05) is 37.1 Å². The second kappa shape index (κ2) is 17.4. The van der Waals surface area contributed by atoms with Crippen molar-refractivity contribution in [3.63, 3.8) is 0 Å². The summed E-state index contributed by atoms with van der Waals surface area (Å²) in [5, 5.41) is 51.0. The van der Waals surface area contributed by atoms with E-state index in [0.29, 0.717) is 64.5 Å². The van der Waals surface area contributed by atoms with Crippen molar-refractivity contribution in [2.24, 2.45) is 10.3 Å². The molecule has 0 atom stereocenters. The fourth-order valence-electron chi connectivity index (χ4n) is 5.31. The van der Waals surface area contributed by atoms with Gasteiger partial charge in [-0.1, -0.05) is 22.4 Å². The number of benzene rings is 4. The van der Waals surface area contributed by atoms with Gasteiger partial charge in [-0.15, -0.1) is 0 Å². The Hall–Kier alpha value is -4.12. The minimum Gasteiger partial charge on any atom is -0.507 e. The minimum atomic E-state index is -0.545. The van der Waals surface area contributed by atoms with Crippen LogP contribution in [-0.2, 0) is 35.3 Å². The van der Waals surface area contributed by atoms with E-state index in [1.54, 1.807) is 60.7 Å². The first-order chi connectivity index (χ1) is 24.5. The van der Waals surface area contributed by atoms with Crippen LogP contribution in [0.5, 0.6) is 23.0 Å². The lowest BCUT2D eigenvalue weighted by molar-refractivity contribution is -0.115. The standard InChI is InChI=1S/C35H30Br4N4O8/c36-24-11-18(1-3-30(24)44)5-7-40-34(46)28(42-48)15-20-9-22-23-10-21(14-27(39)33(23)51-17-50-32(22)26(38)13-20)16-29(43-49)35(47)41-8-6-19-2-4-31(45)25(37)12-19/h1-4,9-14,44-45,48-49H,5-8,15-17H2,(H,40,46)(H,41,47)/b42-28+,43-29+. The fourth-order valence-corrected chi connectivity index (χ4v) is 7.41. The average Bonchev–Trinajstić information content (AvgIpc) is 3.29. The smallest absolute Gasteiger partial charge is 0.269 e. The summed E-state index contributed by atoms with van der Waals surface area (Å²) in [6.45, 7) is 0.445. The van der Waals surface area contributed by atoms with E-state index >= 15 is 0 Å². The number of carbonyl (C=O) groups excluding carboxylic acids is 2. The van der Waals surface area contributed by atoms with Gasteiger partial charge >= 0.3 is 0 Å². The lowest BCUT2D eigenvalue weighted by Crippen LogP contribution is -2.33. The van der Waals surface area contributed by atoms with Gasteiger partial charge < -0.3 is 40.7 Å². The van der Waals surface area contributed by atoms with Gasteiger partial charge in [0.1, 0.15) is 34.4 Å². The van der Waals surface area contributed by atoms with E-state index in [4.69, 9.17) is 9.47 Å². The summed E-state index contributed by atoms with van der Waals surface area (Å²) in [4.78, 5) is 25.9. The Kier molecular flexibility index (Phi) is 13.0. The van der Waals surface area contributed by atoms with Crippen LogP contribution in [0.1, 0.15) is 22.3 Å². The van der Waals surface area contributed by atoms with Gasteiger partial charge in [-0.25, -0.2) is 0 Å². The number of hydrogen-bond acceptors (Lipinski definition) is 10. The number of phenols is 2. The van der Waals surface area contributed by atoms with E-state index in [2.05, 4.69) is 84.7 Å². The normalized spacial score (nSPS) is 12.5. The van der Waals surface area contributed by atoms with Gasteiger partial charge in [0.25, 0.3) is 11.8 Å². The molecule has 16 heteroatoms. The number of nitrogens with one attached hydrogen (secondary N) is 2. The van der Waals surface area contributed by atoms with Crippen molar-refractivity contribution < 1.29 is 39.7 Å². The van der Waals surface area contributed by atoms with Crippen LogP contribution in [0.25, 0.3) is 11.1 Å². The zero-order chi connectivity index (χ0) is 36.7. The predicted octanol–water partition coefficient (Wildman–Crippen LogP) is 7.01. The molecule has 5 rings (SSSR count). The van der Waals surface area contributed by atoms with Crippen molar-refractivity contribution in [2.75, 3.05) is 19.9 Å². The van der Waals surface area contributed by atoms with Crippen LogP contribution in [0.15, 0.2) is 88.9 Å². The summed E-state index contributed by atoms with van der Waals surface area (Å²) < 4.78 is 14.1. The number of ether oxygens (including phenoxy) is 2. The molecule has 0 fully saturated rings. The molecule has 6 N–H and O–H groups in total. The highest BCUT2D eigenvalue weighted by atomic mass is 79.9. The molecule has 0 aliphatic carbocycles. The minimum absolute atomic E-state index is 0.0153. The average molecular weight is 954 g/mol. The summed E-state index contributed by atoms with van der Waals surface area (Å²) >= 11 is 13.7. The van der Waals surface area contributed by atoms with Crippen LogP contribution in [0.2, 0.25) is 0 Å². The van der Waals surface area contributed by atoms with E-state index in [-0.39, 0.29) is 55.6 Å². The molecular weight excluding hydrogens is 924 g/mol. The first kappa shape index (κ1) is 38.1. The maximum absolute atomic E-state index is 13.0. The van der Waals surface area contributed by atoms with Crippen molar-refractivity contribution >= 4 is 87.0 Å². The predicted molar refractivity (Wildman–Crippen MR) is 204 cm³/mol. The molecule has 1 aliphatic rings. The molecule has 0 bridgehead atoms. The molecule has 1 heterocycles. The number of rotatable bonds is 12. The van der Waals surface area contributed by atoms with Crippen LogP contribution in [0.3, 0.4) is 0 Å². The Labute approximate surface area is 326 Å². The summed E-state index contributed by atoms with van der Waals surface area (Å²) in [5.41, 5.74) is 4.03. The third-order valence-electron chi connectivity index (χ3n) is 7.83. The third-order valence-corrected chi connectivity index (χ3v) is 10.3. The molecule has 0 radical (unpaired) electrons. The van der Waals surface area contributed by atoms with Crippen molar-refractivity contribution in [3.8, 4) is 34.1 Å². The quantitative estimate of drug-likeness (QED) is 0.0499. The molecule has 0 spiro atoms. The lowest BCUT2D eigenvalue weighted by Gasteiger charge is -2.15. The van der Waals surface area contributed by atoms with Crippen LogP contribution in [0, 0.1) is 0 Å². The Balaban J connectivity index is 1.31. The Morgan fingerprint density at radius 2 is 1.00 bits per heavy atom. The monoisotopic (exact) mass is 950 g/mol. The zero-order valence-electron chi connectivity index (χ0n) is 26.6. The van der Waals surface area contributed by atoms with Gasteiger partial charge in [-0.05, 0) is 147 Å². The Morgan fingerprint density at radius 1 is 0.608 bits per heavy atom. The molecule has 1 aliphatic heterocycles. The SMILES string of the molecule is O=C(NCCc1ccc(O)c(Br)c1)/C(Cc1cc(Br)c2c(c1)-c1cc(C/C(=N\O)C(=O)NCCc3ccc(O)c(Br)c3)cc(Br)c1OCO2)=N/O. The Bertz CT molecular complexity index is 1900. The number of carbonyl (C=O) groups is 2. The summed E-state index contributed by atoms with van der Waals surface area (Å²) in [6.07, 6.45) is 0.944.